The van der Waals surface area contributed by atoms with Gasteiger partial charge in [0.25, 0.3) is 0 Å². The SMILES string of the molecule is CC1(OO)CC[C@H]2C(I)CCC3C(CCCC(F)(F)F)C(=O)OC(O1)C32. The molecule has 6 unspecified atom stereocenters. The van der Waals surface area contributed by atoms with Crippen LogP contribution in [-0.4, -0.2) is 33.4 Å². The molecule has 0 aromatic rings. The Labute approximate surface area is 164 Å². The molecule has 26 heavy (non-hydrogen) atoms. The summed E-state index contributed by atoms with van der Waals surface area (Å²) in [6.07, 6.45) is -2.92. The van der Waals surface area contributed by atoms with E-state index in [1.54, 1.807) is 6.92 Å². The zero-order valence-corrected chi connectivity index (χ0v) is 16.7. The molecule has 7 atom stereocenters. The van der Waals surface area contributed by atoms with E-state index >= 15 is 0 Å². The molecule has 3 aliphatic rings. The van der Waals surface area contributed by atoms with Gasteiger partial charge in [-0.2, -0.15) is 13.2 Å². The Morgan fingerprint density at radius 2 is 2.04 bits per heavy atom. The summed E-state index contributed by atoms with van der Waals surface area (Å²) < 4.78 is 49.1. The normalized spacial score (nSPS) is 43.4. The number of hydrogen-bond acceptors (Lipinski definition) is 5. The van der Waals surface area contributed by atoms with Crippen LogP contribution in [0.25, 0.3) is 0 Å². The van der Waals surface area contributed by atoms with Crippen molar-refractivity contribution in [3.63, 3.8) is 0 Å². The molecule has 1 saturated carbocycles. The molecule has 2 saturated heterocycles. The molecule has 0 aromatic heterocycles. The van der Waals surface area contributed by atoms with E-state index < -0.39 is 36.6 Å². The monoisotopic (exact) mass is 492 g/mol. The van der Waals surface area contributed by atoms with Gasteiger partial charge in [0, 0.05) is 22.7 Å². The zero-order chi connectivity index (χ0) is 19.1. The number of halogens is 4. The second kappa shape index (κ2) is 7.71. The van der Waals surface area contributed by atoms with Crippen molar-refractivity contribution in [2.45, 2.75) is 74.0 Å². The van der Waals surface area contributed by atoms with Gasteiger partial charge in [0.05, 0.1) is 5.92 Å². The molecular weight excluding hydrogens is 468 g/mol. The third-order valence-electron chi connectivity index (χ3n) is 6.06. The molecule has 2 aliphatic heterocycles. The maximum Gasteiger partial charge on any atom is 0.389 e. The van der Waals surface area contributed by atoms with Crippen LogP contribution in [0.4, 0.5) is 13.2 Å². The van der Waals surface area contributed by atoms with Gasteiger partial charge in [-0.05, 0) is 50.9 Å². The summed E-state index contributed by atoms with van der Waals surface area (Å²) in [6, 6.07) is 0. The summed E-state index contributed by atoms with van der Waals surface area (Å²) in [5, 5.41) is 9.21. The number of rotatable bonds is 4. The van der Waals surface area contributed by atoms with Crippen molar-refractivity contribution in [2.75, 3.05) is 0 Å². The van der Waals surface area contributed by atoms with E-state index in [1.807, 2.05) is 0 Å². The minimum Gasteiger partial charge on any atom is -0.435 e. The maximum absolute atomic E-state index is 12.5. The van der Waals surface area contributed by atoms with Crippen LogP contribution in [0, 0.1) is 23.7 Å². The summed E-state index contributed by atoms with van der Waals surface area (Å²) in [7, 11) is 0. The van der Waals surface area contributed by atoms with E-state index in [0.717, 1.165) is 19.3 Å². The van der Waals surface area contributed by atoms with E-state index in [0.29, 0.717) is 10.3 Å². The summed E-state index contributed by atoms with van der Waals surface area (Å²) in [4.78, 5) is 17.0. The van der Waals surface area contributed by atoms with Crippen LogP contribution >= 0.6 is 22.6 Å². The van der Waals surface area contributed by atoms with E-state index in [-0.39, 0.29) is 30.6 Å². The Bertz CT molecular complexity index is 531. The van der Waals surface area contributed by atoms with Gasteiger partial charge < -0.3 is 9.47 Å². The van der Waals surface area contributed by atoms with Gasteiger partial charge in [0.15, 0.2) is 0 Å². The Balaban J connectivity index is 1.79. The molecule has 0 spiro atoms. The zero-order valence-electron chi connectivity index (χ0n) is 14.5. The fraction of sp³-hybridized carbons (Fsp3) is 0.941. The minimum absolute atomic E-state index is 0.0495. The largest absolute Gasteiger partial charge is 0.435 e. The molecule has 1 aliphatic carbocycles. The number of hydrogen-bond donors (Lipinski definition) is 1. The smallest absolute Gasteiger partial charge is 0.389 e. The first-order chi connectivity index (χ1) is 12.1. The quantitative estimate of drug-likeness (QED) is 0.203. The van der Waals surface area contributed by atoms with Gasteiger partial charge >= 0.3 is 12.1 Å². The van der Waals surface area contributed by atoms with Crippen LogP contribution in [0.15, 0.2) is 0 Å². The Morgan fingerprint density at radius 1 is 1.31 bits per heavy atom. The predicted octanol–water partition coefficient (Wildman–Crippen LogP) is 4.68. The average molecular weight is 492 g/mol. The predicted molar refractivity (Wildman–Crippen MR) is 93.2 cm³/mol. The molecule has 0 amide bonds. The molecule has 2 heterocycles. The van der Waals surface area contributed by atoms with Crippen LogP contribution in [-0.2, 0) is 19.2 Å². The van der Waals surface area contributed by atoms with Crippen molar-refractivity contribution in [1.29, 1.82) is 0 Å². The van der Waals surface area contributed by atoms with Crippen molar-refractivity contribution < 1.29 is 37.6 Å². The van der Waals surface area contributed by atoms with E-state index in [1.165, 1.54) is 0 Å². The van der Waals surface area contributed by atoms with Gasteiger partial charge in [-0.1, -0.05) is 22.6 Å². The molecule has 3 fully saturated rings. The molecule has 9 heteroatoms. The summed E-state index contributed by atoms with van der Waals surface area (Å²) in [6.45, 7) is 1.60. The highest BCUT2D eigenvalue weighted by Gasteiger charge is 2.56. The molecule has 0 aromatic carbocycles. The van der Waals surface area contributed by atoms with E-state index in [2.05, 4.69) is 27.5 Å². The molecule has 0 radical (unpaired) electrons. The lowest BCUT2D eigenvalue weighted by molar-refractivity contribution is -0.425. The fourth-order valence-corrected chi connectivity index (χ4v) is 5.97. The summed E-state index contributed by atoms with van der Waals surface area (Å²) >= 11 is 2.40. The Kier molecular flexibility index (Phi) is 6.11. The van der Waals surface area contributed by atoms with Crippen LogP contribution in [0.5, 0.6) is 0 Å². The second-order valence-electron chi connectivity index (χ2n) is 7.80. The van der Waals surface area contributed by atoms with Gasteiger partial charge in [-0.3, -0.25) is 4.79 Å². The highest BCUT2D eigenvalue weighted by atomic mass is 127. The third-order valence-corrected chi connectivity index (χ3v) is 7.61. The first-order valence-electron chi connectivity index (χ1n) is 9.05. The molecule has 0 bridgehead atoms. The van der Waals surface area contributed by atoms with Crippen molar-refractivity contribution in [3.8, 4) is 0 Å². The molecule has 3 rings (SSSR count). The van der Waals surface area contributed by atoms with E-state index in [9.17, 15) is 23.2 Å². The molecule has 5 nitrogen and oxygen atoms in total. The minimum atomic E-state index is -4.21. The van der Waals surface area contributed by atoms with Crippen molar-refractivity contribution in [1.82, 2.24) is 0 Å². The maximum atomic E-state index is 12.5. The lowest BCUT2D eigenvalue weighted by Gasteiger charge is -2.48. The number of carbonyl (C=O) groups excluding carboxylic acids is 1. The molecule has 150 valence electrons. The Hall–Kier alpha value is -0.130. The first-order valence-corrected chi connectivity index (χ1v) is 10.3. The molecular formula is C17H24F3IO5. The number of esters is 1. The van der Waals surface area contributed by atoms with Crippen LogP contribution < -0.4 is 0 Å². The number of carbonyl (C=O) groups is 1. The van der Waals surface area contributed by atoms with Crippen LogP contribution in [0.3, 0.4) is 0 Å². The standard InChI is InChI=1S/C17H24F3IO5/c1-16(26-23)8-6-11-12(21)5-4-9-10(3-2-7-17(18,19)20)14(22)24-15(25-16)13(9)11/h9-13,15,23H,2-8H2,1H3/t9?,10?,11-,12?,13?,15?,16?/m0/s1. The summed E-state index contributed by atoms with van der Waals surface area (Å²) in [5.74, 6) is -2.16. The van der Waals surface area contributed by atoms with Gasteiger partial charge in [0.1, 0.15) is 0 Å². The average Bonchev–Trinajstić information content (AvgIpc) is 2.70. The van der Waals surface area contributed by atoms with Crippen molar-refractivity contribution in [3.05, 3.63) is 0 Å². The van der Waals surface area contributed by atoms with Crippen LogP contribution in [0.2, 0.25) is 0 Å². The first kappa shape index (κ1) is 20.6. The van der Waals surface area contributed by atoms with Gasteiger partial charge in [0.2, 0.25) is 12.1 Å². The fourth-order valence-electron chi connectivity index (χ4n) is 4.78. The van der Waals surface area contributed by atoms with Gasteiger partial charge in [-0.25, -0.2) is 10.1 Å². The topological polar surface area (TPSA) is 65.0 Å². The third kappa shape index (κ3) is 4.30. The number of ether oxygens (including phenoxy) is 2. The molecule has 1 N–H and O–H groups in total. The second-order valence-corrected chi connectivity index (χ2v) is 9.40. The lowest BCUT2D eigenvalue weighted by atomic mass is 9.63. The number of alkyl halides is 4. The van der Waals surface area contributed by atoms with E-state index in [4.69, 9.17) is 9.47 Å². The highest BCUT2D eigenvalue weighted by Crippen LogP contribution is 2.53. The summed E-state index contributed by atoms with van der Waals surface area (Å²) in [5.41, 5.74) is 0. The van der Waals surface area contributed by atoms with Gasteiger partial charge in [-0.15, -0.1) is 0 Å². The Morgan fingerprint density at radius 3 is 2.69 bits per heavy atom. The van der Waals surface area contributed by atoms with Crippen LogP contribution in [0.1, 0.15) is 51.9 Å². The van der Waals surface area contributed by atoms with Crippen molar-refractivity contribution >= 4 is 28.6 Å². The lowest BCUT2D eigenvalue weighted by Crippen LogP contribution is -2.53. The highest BCUT2D eigenvalue weighted by molar-refractivity contribution is 14.1. The van der Waals surface area contributed by atoms with Crippen molar-refractivity contribution in [2.24, 2.45) is 23.7 Å².